The van der Waals surface area contributed by atoms with Crippen molar-refractivity contribution in [2.75, 3.05) is 13.2 Å². The first-order valence-electron chi connectivity index (χ1n) is 6.76. The average Bonchev–Trinajstić information content (AvgIpc) is 2.63. The number of rotatable bonds is 5. The van der Waals surface area contributed by atoms with Crippen molar-refractivity contribution in [3.8, 4) is 0 Å². The minimum Gasteiger partial charge on any atom is -0.394 e. The van der Waals surface area contributed by atoms with Gasteiger partial charge < -0.3 is 10.2 Å². The van der Waals surface area contributed by atoms with E-state index in [1.165, 1.54) is 12.2 Å². The Bertz CT molecular complexity index is 615. The number of aliphatic imine (C=N–C) groups is 2. The van der Waals surface area contributed by atoms with Crippen LogP contribution in [-0.4, -0.2) is 35.6 Å². The fourth-order valence-corrected chi connectivity index (χ4v) is 1.92. The highest BCUT2D eigenvalue weighted by Gasteiger charge is 2.33. The summed E-state index contributed by atoms with van der Waals surface area (Å²) in [4.78, 5) is 29.0. The van der Waals surface area contributed by atoms with Gasteiger partial charge in [0.05, 0.1) is 13.2 Å². The summed E-state index contributed by atoms with van der Waals surface area (Å²) in [6.07, 6.45) is 2.99. The molecule has 6 nitrogen and oxygen atoms in total. The van der Waals surface area contributed by atoms with Crippen LogP contribution in [0.2, 0.25) is 0 Å². The largest absolute Gasteiger partial charge is 0.394 e. The molecule has 0 unspecified atom stereocenters. The molecule has 2 rings (SSSR count). The topological polar surface area (TPSA) is 99.3 Å². The van der Waals surface area contributed by atoms with E-state index < -0.39 is 5.66 Å². The van der Waals surface area contributed by atoms with E-state index in [1.807, 2.05) is 12.1 Å². The maximum absolute atomic E-state index is 10.8. The highest BCUT2D eigenvalue weighted by molar-refractivity contribution is 5.49. The summed E-state index contributed by atoms with van der Waals surface area (Å²) in [5.41, 5.74) is -0.202. The molecule has 0 aliphatic rings. The van der Waals surface area contributed by atoms with Gasteiger partial charge in [-0.1, -0.05) is 60.7 Å². The second-order valence-electron chi connectivity index (χ2n) is 4.26. The first kappa shape index (κ1) is 18.2. The Morgan fingerprint density at radius 3 is 1.35 bits per heavy atom. The van der Waals surface area contributed by atoms with Crippen LogP contribution in [0.5, 0.6) is 0 Å². The molecule has 0 atom stereocenters. The van der Waals surface area contributed by atoms with Crippen molar-refractivity contribution < 1.29 is 19.8 Å². The van der Waals surface area contributed by atoms with Gasteiger partial charge in [0.2, 0.25) is 17.8 Å². The second-order valence-corrected chi connectivity index (χ2v) is 4.26. The molecule has 0 amide bonds. The Morgan fingerprint density at radius 2 is 1.09 bits per heavy atom. The molecule has 0 saturated carbocycles. The van der Waals surface area contributed by atoms with Crippen molar-refractivity contribution in [1.82, 2.24) is 0 Å². The van der Waals surface area contributed by atoms with Gasteiger partial charge in [-0.05, 0) is 0 Å². The van der Waals surface area contributed by atoms with Crippen LogP contribution in [0.4, 0.5) is 0 Å². The van der Waals surface area contributed by atoms with Crippen LogP contribution in [0.25, 0.3) is 0 Å². The molecule has 0 saturated heterocycles. The molecule has 118 valence electrons. The SMILES string of the molecule is O=C=NC(N=C=O)(c1ccccc1)c1ccccc1.OCCO. The second kappa shape index (κ2) is 9.95. The third kappa shape index (κ3) is 4.81. The monoisotopic (exact) mass is 312 g/mol. The third-order valence-corrected chi connectivity index (χ3v) is 2.87. The molecule has 0 heterocycles. The zero-order chi connectivity index (χ0) is 17.0. The third-order valence-electron chi connectivity index (χ3n) is 2.87. The van der Waals surface area contributed by atoms with Gasteiger partial charge in [0.15, 0.2) is 0 Å². The molecule has 0 aliphatic carbocycles. The van der Waals surface area contributed by atoms with Gasteiger partial charge in [-0.15, -0.1) is 0 Å². The molecule has 23 heavy (non-hydrogen) atoms. The van der Waals surface area contributed by atoms with E-state index in [0.29, 0.717) is 11.1 Å². The minimum atomic E-state index is -1.41. The Hall–Kier alpha value is -2.88. The number of hydrogen-bond acceptors (Lipinski definition) is 6. The van der Waals surface area contributed by atoms with Gasteiger partial charge in [0.25, 0.3) is 0 Å². The zero-order valence-corrected chi connectivity index (χ0v) is 12.3. The lowest BCUT2D eigenvalue weighted by Gasteiger charge is -2.22. The fourth-order valence-electron chi connectivity index (χ4n) is 1.92. The Balaban J connectivity index is 0.000000593. The summed E-state index contributed by atoms with van der Waals surface area (Å²) in [6, 6.07) is 17.8. The smallest absolute Gasteiger partial charge is 0.238 e. The summed E-state index contributed by atoms with van der Waals surface area (Å²) in [5, 5.41) is 15.2. The maximum atomic E-state index is 10.8. The van der Waals surface area contributed by atoms with Gasteiger partial charge in [-0.25, -0.2) is 9.59 Å². The van der Waals surface area contributed by atoms with Crippen LogP contribution >= 0.6 is 0 Å². The molecule has 0 fully saturated rings. The molecule has 0 bridgehead atoms. The maximum Gasteiger partial charge on any atom is 0.238 e. The molecule has 2 aromatic carbocycles. The van der Waals surface area contributed by atoms with E-state index in [1.54, 1.807) is 48.5 Å². The first-order valence-corrected chi connectivity index (χ1v) is 6.76. The van der Waals surface area contributed by atoms with Crippen molar-refractivity contribution in [3.63, 3.8) is 0 Å². The average molecular weight is 312 g/mol. The standard InChI is InChI=1S/C15H10N2O2.C2H6O2/c18-11-16-15(17-12-19,13-7-3-1-4-8-13)14-9-5-2-6-10-14;3-1-2-4/h1-10H;3-4H,1-2H2. The van der Waals surface area contributed by atoms with Crippen molar-refractivity contribution in [2.45, 2.75) is 5.66 Å². The van der Waals surface area contributed by atoms with E-state index in [2.05, 4.69) is 9.98 Å². The Labute approximate surface area is 133 Å². The van der Waals surface area contributed by atoms with E-state index in [0.717, 1.165) is 0 Å². The molecule has 0 aromatic heterocycles. The van der Waals surface area contributed by atoms with Crippen molar-refractivity contribution in [1.29, 1.82) is 0 Å². The molecule has 0 radical (unpaired) electrons. The summed E-state index contributed by atoms with van der Waals surface area (Å²) < 4.78 is 0. The highest BCUT2D eigenvalue weighted by Crippen LogP contribution is 2.34. The van der Waals surface area contributed by atoms with Crippen LogP contribution in [0.1, 0.15) is 11.1 Å². The first-order chi connectivity index (χ1) is 11.2. The van der Waals surface area contributed by atoms with Gasteiger partial charge in [-0.3, -0.25) is 0 Å². The van der Waals surface area contributed by atoms with Crippen LogP contribution in [-0.2, 0) is 15.3 Å². The molecule has 0 aliphatic heterocycles. The summed E-state index contributed by atoms with van der Waals surface area (Å²) in [7, 11) is 0. The molecule has 0 spiro atoms. The number of aliphatic hydroxyl groups is 2. The highest BCUT2D eigenvalue weighted by atomic mass is 16.3. The Kier molecular flexibility index (Phi) is 7.86. The quantitative estimate of drug-likeness (QED) is 0.646. The van der Waals surface area contributed by atoms with E-state index in [4.69, 9.17) is 10.2 Å². The van der Waals surface area contributed by atoms with Crippen molar-refractivity contribution in [2.24, 2.45) is 9.98 Å². The van der Waals surface area contributed by atoms with E-state index in [9.17, 15) is 9.59 Å². The Morgan fingerprint density at radius 1 is 0.739 bits per heavy atom. The number of carbonyl (C=O) groups excluding carboxylic acids is 2. The summed E-state index contributed by atoms with van der Waals surface area (Å²) in [5.74, 6) is 0. The predicted octanol–water partition coefficient (Wildman–Crippen LogP) is 1.53. The fraction of sp³-hybridized carbons (Fsp3) is 0.176. The molecule has 2 N–H and O–H groups in total. The summed E-state index contributed by atoms with van der Waals surface area (Å²) in [6.45, 7) is -0.250. The number of isocyanates is 2. The van der Waals surface area contributed by atoms with Crippen LogP contribution in [0.15, 0.2) is 70.6 Å². The van der Waals surface area contributed by atoms with E-state index >= 15 is 0 Å². The normalized spacial score (nSPS) is 9.65. The van der Waals surface area contributed by atoms with Crippen LogP contribution in [0, 0.1) is 0 Å². The molecule has 6 heteroatoms. The zero-order valence-electron chi connectivity index (χ0n) is 12.3. The van der Waals surface area contributed by atoms with Gasteiger partial charge in [0.1, 0.15) is 0 Å². The van der Waals surface area contributed by atoms with Crippen LogP contribution in [0.3, 0.4) is 0 Å². The lowest BCUT2D eigenvalue weighted by Crippen LogP contribution is -2.22. The number of aliphatic hydroxyl groups excluding tert-OH is 2. The van der Waals surface area contributed by atoms with Crippen molar-refractivity contribution >= 4 is 12.2 Å². The predicted molar refractivity (Wildman–Crippen MR) is 84.1 cm³/mol. The van der Waals surface area contributed by atoms with Crippen molar-refractivity contribution in [3.05, 3.63) is 71.8 Å². The minimum absolute atomic E-state index is 0.125. The number of nitrogens with zero attached hydrogens (tertiary/aromatic N) is 2. The lowest BCUT2D eigenvalue weighted by atomic mass is 9.92. The summed E-state index contributed by atoms with van der Waals surface area (Å²) >= 11 is 0. The van der Waals surface area contributed by atoms with Crippen LogP contribution < -0.4 is 0 Å². The lowest BCUT2D eigenvalue weighted by molar-refractivity contribution is 0.186. The molecular weight excluding hydrogens is 296 g/mol. The number of hydrogen-bond donors (Lipinski definition) is 2. The molecular formula is C17H16N2O4. The molecule has 2 aromatic rings. The van der Waals surface area contributed by atoms with Gasteiger partial charge in [-0.2, -0.15) is 9.98 Å². The number of benzene rings is 2. The van der Waals surface area contributed by atoms with Gasteiger partial charge >= 0.3 is 0 Å². The van der Waals surface area contributed by atoms with Gasteiger partial charge in [0, 0.05) is 11.1 Å². The van der Waals surface area contributed by atoms with E-state index in [-0.39, 0.29) is 13.2 Å².